The molecule has 4 nitrogen and oxygen atoms in total. The Hall–Kier alpha value is -1.06. The highest BCUT2D eigenvalue weighted by molar-refractivity contribution is 6.00. The standard InChI is InChI=1S/C16H28N2O2/c1-6-12(10(3)4)18-13(7-2)14(19)17-16(5,15(18)20)11-8-9-11/h10-13H,6-9H2,1-5H3,(H,17,19). The van der Waals surface area contributed by atoms with Gasteiger partial charge in [-0.15, -0.1) is 0 Å². The number of amides is 2. The summed E-state index contributed by atoms with van der Waals surface area (Å²) in [5.74, 6) is 0.851. The predicted octanol–water partition coefficient (Wildman–Crippen LogP) is 2.33. The molecule has 0 aromatic carbocycles. The summed E-state index contributed by atoms with van der Waals surface area (Å²) in [6, 6.07) is -0.154. The van der Waals surface area contributed by atoms with E-state index >= 15 is 0 Å². The molecule has 3 atom stereocenters. The molecule has 1 saturated carbocycles. The zero-order chi connectivity index (χ0) is 15.1. The molecule has 2 amide bonds. The summed E-state index contributed by atoms with van der Waals surface area (Å²) in [4.78, 5) is 27.4. The van der Waals surface area contributed by atoms with Gasteiger partial charge in [-0.1, -0.05) is 27.7 Å². The fourth-order valence-corrected chi connectivity index (χ4v) is 3.62. The molecule has 0 spiro atoms. The van der Waals surface area contributed by atoms with Crippen LogP contribution in [0.5, 0.6) is 0 Å². The third kappa shape index (κ3) is 2.33. The van der Waals surface area contributed by atoms with Crippen molar-refractivity contribution < 1.29 is 9.59 Å². The van der Waals surface area contributed by atoms with Crippen molar-refractivity contribution >= 4 is 11.8 Å². The van der Waals surface area contributed by atoms with Crippen LogP contribution in [0.4, 0.5) is 0 Å². The Balaban J connectivity index is 2.36. The number of carbonyl (C=O) groups excluding carboxylic acids is 2. The molecule has 0 aromatic rings. The largest absolute Gasteiger partial charge is 0.340 e. The van der Waals surface area contributed by atoms with Crippen LogP contribution in [0.25, 0.3) is 0 Å². The summed E-state index contributed by atoms with van der Waals surface area (Å²) in [7, 11) is 0. The van der Waals surface area contributed by atoms with Crippen LogP contribution in [-0.2, 0) is 9.59 Å². The fourth-order valence-electron chi connectivity index (χ4n) is 3.62. The third-order valence-electron chi connectivity index (χ3n) is 5.03. The zero-order valence-electron chi connectivity index (χ0n) is 13.4. The quantitative estimate of drug-likeness (QED) is 0.840. The Bertz CT molecular complexity index is 403. The molecule has 4 heteroatoms. The van der Waals surface area contributed by atoms with Crippen LogP contribution in [0.2, 0.25) is 0 Å². The molecule has 1 saturated heterocycles. The number of nitrogens with one attached hydrogen (secondary N) is 1. The van der Waals surface area contributed by atoms with Crippen molar-refractivity contribution in [3.05, 3.63) is 0 Å². The van der Waals surface area contributed by atoms with Gasteiger partial charge in [-0.05, 0) is 44.4 Å². The van der Waals surface area contributed by atoms with Gasteiger partial charge in [0.1, 0.15) is 11.6 Å². The summed E-state index contributed by atoms with van der Waals surface area (Å²) < 4.78 is 0. The molecule has 1 aliphatic heterocycles. The molecular weight excluding hydrogens is 252 g/mol. The first kappa shape index (κ1) is 15.3. The summed E-state index contributed by atoms with van der Waals surface area (Å²) >= 11 is 0. The lowest BCUT2D eigenvalue weighted by Crippen LogP contribution is -2.72. The number of hydrogen-bond acceptors (Lipinski definition) is 2. The normalized spacial score (nSPS) is 32.5. The second kappa shape index (κ2) is 5.38. The zero-order valence-corrected chi connectivity index (χ0v) is 13.4. The fraction of sp³-hybridized carbons (Fsp3) is 0.875. The predicted molar refractivity (Wildman–Crippen MR) is 79.1 cm³/mol. The van der Waals surface area contributed by atoms with E-state index in [2.05, 4.69) is 26.1 Å². The van der Waals surface area contributed by atoms with E-state index in [4.69, 9.17) is 0 Å². The van der Waals surface area contributed by atoms with E-state index in [1.807, 2.05) is 18.7 Å². The van der Waals surface area contributed by atoms with Gasteiger partial charge in [0, 0.05) is 6.04 Å². The van der Waals surface area contributed by atoms with Crippen LogP contribution in [0, 0.1) is 11.8 Å². The van der Waals surface area contributed by atoms with E-state index < -0.39 is 5.54 Å². The van der Waals surface area contributed by atoms with E-state index in [0.717, 1.165) is 19.3 Å². The Morgan fingerprint density at radius 2 is 1.90 bits per heavy atom. The molecule has 2 fully saturated rings. The molecule has 1 aliphatic carbocycles. The maximum absolute atomic E-state index is 13.1. The van der Waals surface area contributed by atoms with Crippen molar-refractivity contribution in [1.29, 1.82) is 0 Å². The van der Waals surface area contributed by atoms with Gasteiger partial charge in [0.15, 0.2) is 0 Å². The summed E-state index contributed by atoms with van der Waals surface area (Å²) in [6.45, 7) is 10.3. The van der Waals surface area contributed by atoms with Crippen LogP contribution in [0.15, 0.2) is 0 Å². The highest BCUT2D eigenvalue weighted by Crippen LogP contribution is 2.43. The monoisotopic (exact) mass is 280 g/mol. The van der Waals surface area contributed by atoms with Crippen molar-refractivity contribution in [2.45, 2.75) is 77.9 Å². The summed E-state index contributed by atoms with van der Waals surface area (Å²) in [5, 5.41) is 3.02. The van der Waals surface area contributed by atoms with Gasteiger partial charge in [0.2, 0.25) is 11.8 Å². The number of carbonyl (C=O) groups is 2. The first-order valence-corrected chi connectivity index (χ1v) is 8.01. The van der Waals surface area contributed by atoms with Crippen molar-refractivity contribution in [1.82, 2.24) is 10.2 Å². The Morgan fingerprint density at radius 3 is 2.30 bits per heavy atom. The minimum Gasteiger partial charge on any atom is -0.340 e. The maximum atomic E-state index is 13.1. The van der Waals surface area contributed by atoms with E-state index in [1.54, 1.807) is 0 Å². The molecule has 0 bridgehead atoms. The first-order valence-electron chi connectivity index (χ1n) is 8.01. The number of hydrogen-bond donors (Lipinski definition) is 1. The lowest BCUT2D eigenvalue weighted by Gasteiger charge is -2.48. The number of nitrogens with zero attached hydrogens (tertiary/aromatic N) is 1. The van der Waals surface area contributed by atoms with E-state index in [0.29, 0.717) is 18.3 Å². The maximum Gasteiger partial charge on any atom is 0.249 e. The van der Waals surface area contributed by atoms with Gasteiger partial charge >= 0.3 is 0 Å². The van der Waals surface area contributed by atoms with Crippen molar-refractivity contribution in [3.8, 4) is 0 Å². The van der Waals surface area contributed by atoms with E-state index in [-0.39, 0.29) is 23.9 Å². The van der Waals surface area contributed by atoms with E-state index in [9.17, 15) is 9.59 Å². The molecule has 114 valence electrons. The van der Waals surface area contributed by atoms with Gasteiger partial charge in [-0.2, -0.15) is 0 Å². The average molecular weight is 280 g/mol. The topological polar surface area (TPSA) is 49.4 Å². The number of rotatable bonds is 5. The minimum absolute atomic E-state index is 0.0283. The molecule has 3 unspecified atom stereocenters. The Morgan fingerprint density at radius 1 is 1.30 bits per heavy atom. The highest BCUT2D eigenvalue weighted by atomic mass is 16.2. The van der Waals surface area contributed by atoms with Crippen molar-refractivity contribution in [3.63, 3.8) is 0 Å². The first-order chi connectivity index (χ1) is 9.36. The van der Waals surface area contributed by atoms with Crippen LogP contribution in [-0.4, -0.2) is 34.3 Å². The molecule has 1 N–H and O–H groups in total. The second-order valence-corrected chi connectivity index (χ2v) is 6.82. The molecule has 0 radical (unpaired) electrons. The van der Waals surface area contributed by atoms with Gasteiger partial charge < -0.3 is 10.2 Å². The average Bonchev–Trinajstić information content (AvgIpc) is 3.20. The van der Waals surface area contributed by atoms with Crippen LogP contribution in [0.1, 0.15) is 60.3 Å². The molecule has 0 aromatic heterocycles. The molecular formula is C16H28N2O2. The SMILES string of the molecule is CCC1C(=O)NC(C)(C2CC2)C(=O)N1C(CC)C(C)C. The van der Waals surface area contributed by atoms with Gasteiger partial charge in [-0.3, -0.25) is 9.59 Å². The minimum atomic E-state index is -0.676. The lowest BCUT2D eigenvalue weighted by molar-refractivity contribution is -0.159. The van der Waals surface area contributed by atoms with Crippen LogP contribution < -0.4 is 5.32 Å². The molecule has 20 heavy (non-hydrogen) atoms. The molecule has 2 rings (SSSR count). The van der Waals surface area contributed by atoms with Gasteiger partial charge in [0.05, 0.1) is 0 Å². The van der Waals surface area contributed by atoms with Crippen molar-refractivity contribution in [2.24, 2.45) is 11.8 Å². The molecule has 2 aliphatic rings. The van der Waals surface area contributed by atoms with Gasteiger partial charge in [-0.25, -0.2) is 0 Å². The Labute approximate surface area is 122 Å². The smallest absolute Gasteiger partial charge is 0.249 e. The van der Waals surface area contributed by atoms with E-state index in [1.165, 1.54) is 0 Å². The lowest BCUT2D eigenvalue weighted by atomic mass is 9.85. The molecule has 1 heterocycles. The second-order valence-electron chi connectivity index (χ2n) is 6.82. The number of piperazine rings is 1. The third-order valence-corrected chi connectivity index (χ3v) is 5.03. The van der Waals surface area contributed by atoms with Crippen LogP contribution >= 0.6 is 0 Å². The summed E-state index contributed by atoms with van der Waals surface area (Å²) in [5.41, 5.74) is -0.676. The summed E-state index contributed by atoms with van der Waals surface area (Å²) in [6.07, 6.45) is 3.67. The van der Waals surface area contributed by atoms with Crippen LogP contribution in [0.3, 0.4) is 0 Å². The van der Waals surface area contributed by atoms with Gasteiger partial charge in [0.25, 0.3) is 0 Å². The highest BCUT2D eigenvalue weighted by Gasteiger charge is 2.56. The Kier molecular flexibility index (Phi) is 4.12. The van der Waals surface area contributed by atoms with Crippen molar-refractivity contribution in [2.75, 3.05) is 0 Å².